The second kappa shape index (κ2) is 6.39. The van der Waals surface area contributed by atoms with Gasteiger partial charge in [0, 0.05) is 10.0 Å². The Balaban J connectivity index is 2.22. The number of rotatable bonds is 3. The summed E-state index contributed by atoms with van der Waals surface area (Å²) in [5.74, 6) is -0.807. The van der Waals surface area contributed by atoms with Crippen molar-refractivity contribution in [1.29, 1.82) is 0 Å². The van der Waals surface area contributed by atoms with E-state index in [1.165, 1.54) is 18.4 Å². The third-order valence-electron chi connectivity index (χ3n) is 2.47. The Hall–Kier alpha value is -1.37. The number of hydrogen-bond acceptors (Lipinski definition) is 4. The Labute approximate surface area is 132 Å². The van der Waals surface area contributed by atoms with Gasteiger partial charge < -0.3 is 10.1 Å². The zero-order valence-corrected chi connectivity index (χ0v) is 13.4. The van der Waals surface area contributed by atoms with Gasteiger partial charge in [-0.05, 0) is 45.6 Å². The third-order valence-corrected chi connectivity index (χ3v) is 4.57. The zero-order chi connectivity index (χ0) is 14.7. The van der Waals surface area contributed by atoms with Gasteiger partial charge in [0.1, 0.15) is 4.88 Å². The van der Waals surface area contributed by atoms with Crippen LogP contribution in [0.3, 0.4) is 0 Å². The maximum absolute atomic E-state index is 12.1. The van der Waals surface area contributed by atoms with Gasteiger partial charge in [-0.2, -0.15) is 0 Å². The standard InChI is InChI=1S/C13H9BrClNO3S/c1-19-13(18)11-10(4-5-20-11)16-12(17)7-2-3-9(15)8(14)6-7/h2-6H,1H3,(H,16,17). The lowest BCUT2D eigenvalue weighted by Crippen LogP contribution is -2.13. The molecule has 0 spiro atoms. The molecule has 0 fully saturated rings. The van der Waals surface area contributed by atoms with Crippen molar-refractivity contribution < 1.29 is 14.3 Å². The Morgan fingerprint density at radius 1 is 1.35 bits per heavy atom. The molecule has 0 saturated carbocycles. The highest BCUT2D eigenvalue weighted by atomic mass is 79.9. The van der Waals surface area contributed by atoms with E-state index in [0.29, 0.717) is 25.6 Å². The van der Waals surface area contributed by atoms with E-state index >= 15 is 0 Å². The van der Waals surface area contributed by atoms with E-state index in [1.54, 1.807) is 29.6 Å². The monoisotopic (exact) mass is 373 g/mol. The van der Waals surface area contributed by atoms with Crippen LogP contribution >= 0.6 is 38.9 Å². The summed E-state index contributed by atoms with van der Waals surface area (Å²) in [5, 5.41) is 4.90. The van der Waals surface area contributed by atoms with Gasteiger partial charge in [0.2, 0.25) is 0 Å². The van der Waals surface area contributed by atoms with Crippen LogP contribution in [0.2, 0.25) is 5.02 Å². The molecule has 1 aromatic carbocycles. The number of halogens is 2. The average molecular weight is 375 g/mol. The van der Waals surface area contributed by atoms with E-state index in [1.807, 2.05) is 0 Å². The molecule has 0 unspecified atom stereocenters. The second-order valence-corrected chi connectivity index (χ2v) is 5.92. The van der Waals surface area contributed by atoms with Crippen molar-refractivity contribution >= 4 is 56.4 Å². The Bertz CT molecular complexity index is 671. The molecule has 104 valence electrons. The normalized spacial score (nSPS) is 10.2. The van der Waals surface area contributed by atoms with Crippen molar-refractivity contribution in [2.75, 3.05) is 12.4 Å². The number of ether oxygens (including phenoxy) is 1. The highest BCUT2D eigenvalue weighted by Gasteiger charge is 2.16. The first-order valence-corrected chi connectivity index (χ1v) is 7.50. The fourth-order valence-corrected chi connectivity index (χ4v) is 2.75. The van der Waals surface area contributed by atoms with Crippen LogP contribution in [0.5, 0.6) is 0 Å². The summed E-state index contributed by atoms with van der Waals surface area (Å²) in [5.41, 5.74) is 0.862. The molecule has 0 aliphatic carbocycles. The Kier molecular flexibility index (Phi) is 4.80. The van der Waals surface area contributed by atoms with Crippen molar-refractivity contribution in [2.45, 2.75) is 0 Å². The van der Waals surface area contributed by atoms with E-state index in [4.69, 9.17) is 11.6 Å². The van der Waals surface area contributed by atoms with Gasteiger partial charge in [-0.25, -0.2) is 4.79 Å². The minimum absolute atomic E-state index is 0.328. The van der Waals surface area contributed by atoms with E-state index in [-0.39, 0.29) is 5.91 Å². The minimum Gasteiger partial charge on any atom is -0.465 e. The maximum atomic E-state index is 12.1. The van der Waals surface area contributed by atoms with Gasteiger partial charge in [-0.3, -0.25) is 4.79 Å². The number of carbonyl (C=O) groups is 2. The van der Waals surface area contributed by atoms with Crippen LogP contribution in [-0.4, -0.2) is 19.0 Å². The van der Waals surface area contributed by atoms with Crippen LogP contribution in [0.4, 0.5) is 5.69 Å². The maximum Gasteiger partial charge on any atom is 0.350 e. The number of carbonyl (C=O) groups excluding carboxylic acids is 2. The number of nitrogens with one attached hydrogen (secondary N) is 1. The Morgan fingerprint density at radius 2 is 2.10 bits per heavy atom. The molecule has 0 aliphatic rings. The molecule has 1 amide bonds. The van der Waals surface area contributed by atoms with Crippen molar-refractivity contribution in [3.05, 3.63) is 49.6 Å². The fraction of sp³-hybridized carbons (Fsp3) is 0.0769. The second-order valence-electron chi connectivity index (χ2n) is 3.74. The number of benzene rings is 1. The first-order valence-electron chi connectivity index (χ1n) is 5.45. The van der Waals surface area contributed by atoms with Crippen molar-refractivity contribution in [3.63, 3.8) is 0 Å². The first-order chi connectivity index (χ1) is 9.52. The van der Waals surface area contributed by atoms with Gasteiger partial charge in [0.15, 0.2) is 0 Å². The van der Waals surface area contributed by atoms with Crippen LogP contribution in [0.1, 0.15) is 20.0 Å². The highest BCUT2D eigenvalue weighted by molar-refractivity contribution is 9.10. The van der Waals surface area contributed by atoms with Gasteiger partial charge in [-0.15, -0.1) is 11.3 Å². The number of anilines is 1. The highest BCUT2D eigenvalue weighted by Crippen LogP contribution is 2.26. The van der Waals surface area contributed by atoms with E-state index in [9.17, 15) is 9.59 Å². The van der Waals surface area contributed by atoms with Gasteiger partial charge in [-0.1, -0.05) is 11.6 Å². The lowest BCUT2D eigenvalue weighted by molar-refractivity contribution is 0.0607. The SMILES string of the molecule is COC(=O)c1sccc1NC(=O)c1ccc(Cl)c(Br)c1. The molecule has 0 saturated heterocycles. The van der Waals surface area contributed by atoms with Crippen LogP contribution in [0, 0.1) is 0 Å². The molecule has 2 rings (SSSR count). The summed E-state index contributed by atoms with van der Waals surface area (Å²) in [4.78, 5) is 24.0. The van der Waals surface area contributed by atoms with Gasteiger partial charge >= 0.3 is 5.97 Å². The molecule has 20 heavy (non-hydrogen) atoms. The number of amides is 1. The topological polar surface area (TPSA) is 55.4 Å². The minimum atomic E-state index is -0.479. The van der Waals surface area contributed by atoms with Gasteiger partial charge in [0.25, 0.3) is 5.91 Å². The molecular weight excluding hydrogens is 366 g/mol. The molecule has 1 aromatic heterocycles. The van der Waals surface area contributed by atoms with Gasteiger partial charge in [0.05, 0.1) is 17.8 Å². The molecule has 1 N–H and O–H groups in total. The van der Waals surface area contributed by atoms with Crippen LogP contribution in [0.25, 0.3) is 0 Å². The summed E-state index contributed by atoms with van der Waals surface area (Å²) in [6.45, 7) is 0. The van der Waals surface area contributed by atoms with E-state index in [2.05, 4.69) is 26.0 Å². The van der Waals surface area contributed by atoms with Crippen molar-refractivity contribution in [2.24, 2.45) is 0 Å². The molecule has 0 atom stereocenters. The zero-order valence-electron chi connectivity index (χ0n) is 10.3. The van der Waals surface area contributed by atoms with Crippen molar-refractivity contribution in [3.8, 4) is 0 Å². The molecule has 4 nitrogen and oxygen atoms in total. The molecular formula is C13H9BrClNO3S. The summed E-state index contributed by atoms with van der Waals surface area (Å²) in [6.07, 6.45) is 0. The van der Waals surface area contributed by atoms with Crippen LogP contribution in [-0.2, 0) is 4.74 Å². The van der Waals surface area contributed by atoms with Crippen LogP contribution < -0.4 is 5.32 Å². The van der Waals surface area contributed by atoms with Crippen molar-refractivity contribution in [1.82, 2.24) is 0 Å². The molecule has 0 bridgehead atoms. The Morgan fingerprint density at radius 3 is 2.75 bits per heavy atom. The number of thiophene rings is 1. The molecule has 7 heteroatoms. The van der Waals surface area contributed by atoms with E-state index < -0.39 is 5.97 Å². The quantitative estimate of drug-likeness (QED) is 0.819. The van der Waals surface area contributed by atoms with E-state index in [0.717, 1.165) is 0 Å². The molecule has 0 radical (unpaired) electrons. The lowest BCUT2D eigenvalue weighted by atomic mass is 10.2. The summed E-state index contributed by atoms with van der Waals surface area (Å²) < 4.78 is 5.28. The van der Waals surface area contributed by atoms with Crippen LogP contribution in [0.15, 0.2) is 34.1 Å². The average Bonchev–Trinajstić information content (AvgIpc) is 2.89. The number of esters is 1. The largest absolute Gasteiger partial charge is 0.465 e. The smallest absolute Gasteiger partial charge is 0.350 e. The predicted molar refractivity (Wildman–Crippen MR) is 82.8 cm³/mol. The summed E-state index contributed by atoms with van der Waals surface area (Å²) >= 11 is 10.3. The predicted octanol–water partition coefficient (Wildman–Crippen LogP) is 4.20. The fourth-order valence-electron chi connectivity index (χ4n) is 1.49. The molecule has 2 aromatic rings. The summed E-state index contributed by atoms with van der Waals surface area (Å²) in [7, 11) is 1.30. The number of hydrogen-bond donors (Lipinski definition) is 1. The third kappa shape index (κ3) is 3.20. The first kappa shape index (κ1) is 15.0. The molecule has 1 heterocycles. The summed E-state index contributed by atoms with van der Waals surface area (Å²) in [6, 6.07) is 6.49. The molecule has 0 aliphatic heterocycles. The number of methoxy groups -OCH3 is 1. The lowest BCUT2D eigenvalue weighted by Gasteiger charge is -2.06.